The van der Waals surface area contributed by atoms with Crippen LogP contribution in [0.4, 0.5) is 17.6 Å². The minimum Gasteiger partial charge on any atom is -0.337 e. The van der Waals surface area contributed by atoms with Crippen molar-refractivity contribution in [3.05, 3.63) is 101 Å². The maximum absolute atomic E-state index is 14.6. The van der Waals surface area contributed by atoms with Crippen LogP contribution in [-0.2, 0) is 21.8 Å². The zero-order chi connectivity index (χ0) is 32.7. The smallest absolute Gasteiger partial charge is 0.337 e. The average molecular weight is 657 g/mol. The van der Waals surface area contributed by atoms with E-state index in [1.807, 2.05) is 0 Å². The van der Waals surface area contributed by atoms with Gasteiger partial charge in [0.15, 0.2) is 15.7 Å². The summed E-state index contributed by atoms with van der Waals surface area (Å²) in [5.41, 5.74) is -0.462. The Kier molecular flexibility index (Phi) is 8.44. The number of aromatic nitrogens is 4. The standard InChI is InChI=1S/C32H32F4N6O3S/c1-46(44,45)26-9-7-22(8-10-26)20-40-14-11-23(12-15-40)28-27(19-39-42(28)30-37-17-25(33)18-38-30)29(43)41-16-13-31(21-41,32(34,35)36)24-5-3-2-4-6-24/h2-10,17-19,23H,11-16,20-21H2,1H3. The molecule has 2 fully saturated rings. The van der Waals surface area contributed by atoms with Gasteiger partial charge in [0.05, 0.1) is 34.7 Å². The molecule has 1 amide bonds. The van der Waals surface area contributed by atoms with Crippen molar-refractivity contribution in [3.63, 3.8) is 0 Å². The largest absolute Gasteiger partial charge is 0.400 e. The van der Waals surface area contributed by atoms with E-state index >= 15 is 0 Å². The topological polar surface area (TPSA) is 101 Å². The van der Waals surface area contributed by atoms with Gasteiger partial charge in [0.2, 0.25) is 0 Å². The maximum Gasteiger partial charge on any atom is 0.400 e. The Morgan fingerprint density at radius 1 is 0.957 bits per heavy atom. The number of nitrogens with zero attached hydrogens (tertiary/aromatic N) is 6. The molecule has 0 saturated carbocycles. The predicted octanol–water partition coefficient (Wildman–Crippen LogP) is 4.93. The van der Waals surface area contributed by atoms with E-state index in [0.717, 1.165) is 24.2 Å². The highest BCUT2D eigenvalue weighted by atomic mass is 32.2. The first-order valence-corrected chi connectivity index (χ1v) is 16.7. The van der Waals surface area contributed by atoms with E-state index in [1.165, 1.54) is 27.9 Å². The van der Waals surface area contributed by atoms with E-state index < -0.39 is 39.7 Å². The van der Waals surface area contributed by atoms with Gasteiger partial charge < -0.3 is 4.90 Å². The molecular formula is C32H32F4N6O3S. The fourth-order valence-electron chi connectivity index (χ4n) is 6.50. The second-order valence-electron chi connectivity index (χ2n) is 11.9. The normalized spacial score (nSPS) is 19.9. The number of hydrogen-bond donors (Lipinski definition) is 0. The first-order chi connectivity index (χ1) is 21.9. The van der Waals surface area contributed by atoms with Gasteiger partial charge in [-0.05, 0) is 55.6 Å². The van der Waals surface area contributed by atoms with E-state index in [1.54, 1.807) is 42.5 Å². The quantitative estimate of drug-likeness (QED) is 0.260. The number of sulfone groups is 1. The summed E-state index contributed by atoms with van der Waals surface area (Å²) in [5, 5.41) is 4.38. The molecule has 2 saturated heterocycles. The highest BCUT2D eigenvalue weighted by Crippen LogP contribution is 2.48. The molecule has 0 bridgehead atoms. The number of rotatable bonds is 7. The summed E-state index contributed by atoms with van der Waals surface area (Å²) >= 11 is 0. The monoisotopic (exact) mass is 656 g/mol. The summed E-state index contributed by atoms with van der Waals surface area (Å²) in [5.74, 6) is -1.35. The molecule has 0 aliphatic carbocycles. The van der Waals surface area contributed by atoms with Crippen molar-refractivity contribution >= 4 is 15.7 Å². The van der Waals surface area contributed by atoms with Crippen LogP contribution in [0.3, 0.4) is 0 Å². The summed E-state index contributed by atoms with van der Waals surface area (Å²) in [7, 11) is -3.30. The maximum atomic E-state index is 14.6. The third-order valence-corrected chi connectivity index (χ3v) is 10.1. The van der Waals surface area contributed by atoms with Crippen molar-refractivity contribution in [1.29, 1.82) is 0 Å². The lowest BCUT2D eigenvalue weighted by atomic mass is 9.79. The van der Waals surface area contributed by atoms with Crippen LogP contribution in [0, 0.1) is 5.82 Å². The number of benzene rings is 2. The van der Waals surface area contributed by atoms with E-state index in [9.17, 15) is 30.8 Å². The fourth-order valence-corrected chi connectivity index (χ4v) is 7.13. The molecule has 0 spiro atoms. The lowest BCUT2D eigenvalue weighted by Gasteiger charge is -2.33. The van der Waals surface area contributed by atoms with Crippen molar-refractivity contribution < 1.29 is 30.8 Å². The molecule has 9 nitrogen and oxygen atoms in total. The second kappa shape index (κ2) is 12.2. The summed E-state index contributed by atoms with van der Waals surface area (Å²) < 4.78 is 82.5. The van der Waals surface area contributed by atoms with Gasteiger partial charge in [-0.2, -0.15) is 18.3 Å². The third kappa shape index (κ3) is 6.15. The molecule has 0 radical (unpaired) electrons. The number of amides is 1. The average Bonchev–Trinajstić information content (AvgIpc) is 3.69. The van der Waals surface area contributed by atoms with Crippen molar-refractivity contribution in [2.24, 2.45) is 0 Å². The van der Waals surface area contributed by atoms with Gasteiger partial charge in [0, 0.05) is 31.8 Å². The highest BCUT2D eigenvalue weighted by Gasteiger charge is 2.59. The summed E-state index contributed by atoms with van der Waals surface area (Å²) in [6.07, 6.45) is 0.853. The van der Waals surface area contributed by atoms with E-state index in [2.05, 4.69) is 20.0 Å². The van der Waals surface area contributed by atoms with Crippen LogP contribution in [0.5, 0.6) is 0 Å². The van der Waals surface area contributed by atoms with Gasteiger partial charge in [0.25, 0.3) is 11.9 Å². The van der Waals surface area contributed by atoms with Crippen LogP contribution >= 0.6 is 0 Å². The number of likely N-dealkylation sites (tertiary alicyclic amines) is 2. The molecule has 2 aromatic carbocycles. The van der Waals surface area contributed by atoms with Crippen LogP contribution in [-0.4, -0.2) is 82.5 Å². The molecule has 46 heavy (non-hydrogen) atoms. The van der Waals surface area contributed by atoms with Crippen molar-refractivity contribution in [1.82, 2.24) is 29.5 Å². The Morgan fingerprint density at radius 3 is 2.22 bits per heavy atom. The van der Waals surface area contributed by atoms with Crippen LogP contribution < -0.4 is 0 Å². The Bertz CT molecular complexity index is 1810. The number of alkyl halides is 3. The Balaban J connectivity index is 1.26. The van der Waals surface area contributed by atoms with Gasteiger partial charge in [-0.25, -0.2) is 27.5 Å². The molecule has 2 aliphatic rings. The number of hydrogen-bond acceptors (Lipinski definition) is 7. The minimum absolute atomic E-state index is 0.0548. The van der Waals surface area contributed by atoms with Crippen LogP contribution in [0.1, 0.15) is 52.4 Å². The number of piperidine rings is 1. The Hall–Kier alpha value is -4.17. The second-order valence-corrected chi connectivity index (χ2v) is 14.0. The van der Waals surface area contributed by atoms with Gasteiger partial charge >= 0.3 is 6.18 Å². The highest BCUT2D eigenvalue weighted by molar-refractivity contribution is 7.90. The fraction of sp³-hybridized carbons (Fsp3) is 0.375. The zero-order valence-electron chi connectivity index (χ0n) is 25.0. The lowest BCUT2D eigenvalue weighted by Crippen LogP contribution is -2.45. The van der Waals surface area contributed by atoms with Crippen molar-refractivity contribution in [3.8, 4) is 5.95 Å². The van der Waals surface area contributed by atoms with E-state index in [4.69, 9.17) is 0 Å². The first kappa shape index (κ1) is 31.8. The van der Waals surface area contributed by atoms with Crippen molar-refractivity contribution in [2.45, 2.75) is 48.2 Å². The predicted molar refractivity (Wildman–Crippen MR) is 161 cm³/mol. The molecule has 2 aromatic heterocycles. The molecule has 4 aromatic rings. The number of carbonyl (C=O) groups is 1. The van der Waals surface area contributed by atoms with E-state index in [0.29, 0.717) is 38.2 Å². The molecule has 0 N–H and O–H groups in total. The molecule has 14 heteroatoms. The Labute approximate surface area is 263 Å². The van der Waals surface area contributed by atoms with Gasteiger partial charge in [0.1, 0.15) is 5.41 Å². The molecule has 4 heterocycles. The van der Waals surface area contributed by atoms with Gasteiger partial charge in [-0.3, -0.25) is 9.69 Å². The lowest BCUT2D eigenvalue weighted by molar-refractivity contribution is -0.186. The number of carbonyl (C=O) groups excluding carboxylic acids is 1. The molecule has 2 aliphatic heterocycles. The minimum atomic E-state index is -4.57. The van der Waals surface area contributed by atoms with E-state index in [-0.39, 0.29) is 40.9 Å². The first-order valence-electron chi connectivity index (χ1n) is 14.8. The van der Waals surface area contributed by atoms with Crippen molar-refractivity contribution in [2.75, 3.05) is 32.4 Å². The summed E-state index contributed by atoms with van der Waals surface area (Å²) in [6.45, 7) is 1.26. The SMILES string of the molecule is CS(=O)(=O)c1ccc(CN2CCC(c3c(C(=O)N4CCC(c5ccccc5)(C(F)(F)F)C4)cnn3-c3ncc(F)cn3)CC2)cc1. The van der Waals surface area contributed by atoms with Gasteiger partial charge in [-0.15, -0.1) is 0 Å². The van der Waals surface area contributed by atoms with Gasteiger partial charge in [-0.1, -0.05) is 42.5 Å². The molecule has 1 atom stereocenters. The molecule has 1 unspecified atom stereocenters. The van der Waals surface area contributed by atoms with Crippen LogP contribution in [0.2, 0.25) is 0 Å². The summed E-state index contributed by atoms with van der Waals surface area (Å²) in [4.78, 5) is 25.8. The van der Waals surface area contributed by atoms with Crippen LogP contribution in [0.15, 0.2) is 78.1 Å². The summed E-state index contributed by atoms with van der Waals surface area (Å²) in [6, 6.07) is 14.4. The van der Waals surface area contributed by atoms with Crippen LogP contribution in [0.25, 0.3) is 5.95 Å². The number of halogens is 4. The molecular weight excluding hydrogens is 624 g/mol. The zero-order valence-corrected chi connectivity index (χ0v) is 25.8. The third-order valence-electron chi connectivity index (χ3n) is 8.99. The molecule has 242 valence electrons. The molecule has 6 rings (SSSR count). The Morgan fingerprint density at radius 2 is 1.61 bits per heavy atom.